The van der Waals surface area contributed by atoms with Crippen LogP contribution in [-0.2, 0) is 0 Å². The molecule has 0 aromatic carbocycles. The average molecular weight is 274 g/mol. The summed E-state index contributed by atoms with van der Waals surface area (Å²) in [6.45, 7) is 0. The molecule has 0 unspecified atom stereocenters. The Kier molecular flexibility index (Phi) is 1.92. The standard InChI is InChI=1S/C8H7IN2O/c1-12-5-2-7-8(11-3-5)6(9)4-10-7/h2-4,10H,1H3. The number of ether oxygens (including phenoxy) is 1. The normalized spacial score (nSPS) is 10.5. The minimum absolute atomic E-state index is 0.778. The Hall–Kier alpha value is -0.780. The molecule has 0 aliphatic carbocycles. The molecule has 0 saturated carbocycles. The van der Waals surface area contributed by atoms with Gasteiger partial charge in [-0.05, 0) is 22.6 Å². The summed E-state index contributed by atoms with van der Waals surface area (Å²) in [5.41, 5.74) is 2.01. The number of pyridine rings is 1. The second-order valence-electron chi connectivity index (χ2n) is 2.41. The largest absolute Gasteiger partial charge is 0.495 e. The van der Waals surface area contributed by atoms with Crippen molar-refractivity contribution in [2.45, 2.75) is 0 Å². The highest BCUT2D eigenvalue weighted by molar-refractivity contribution is 14.1. The monoisotopic (exact) mass is 274 g/mol. The summed E-state index contributed by atoms with van der Waals surface area (Å²) in [6.07, 6.45) is 3.65. The van der Waals surface area contributed by atoms with Crippen LogP contribution in [0.15, 0.2) is 18.5 Å². The van der Waals surface area contributed by atoms with Crippen LogP contribution in [0, 0.1) is 3.57 Å². The van der Waals surface area contributed by atoms with Crippen molar-refractivity contribution in [3.63, 3.8) is 0 Å². The summed E-state index contributed by atoms with van der Waals surface area (Å²) < 4.78 is 6.18. The molecule has 2 heterocycles. The van der Waals surface area contributed by atoms with E-state index in [2.05, 4.69) is 32.6 Å². The summed E-state index contributed by atoms with van der Waals surface area (Å²) in [4.78, 5) is 7.36. The zero-order valence-electron chi connectivity index (χ0n) is 6.47. The number of fused-ring (bicyclic) bond motifs is 1. The van der Waals surface area contributed by atoms with Crippen molar-refractivity contribution in [3.05, 3.63) is 22.0 Å². The fourth-order valence-electron chi connectivity index (χ4n) is 1.07. The van der Waals surface area contributed by atoms with Gasteiger partial charge in [0.05, 0.1) is 22.4 Å². The van der Waals surface area contributed by atoms with Gasteiger partial charge in [0, 0.05) is 12.3 Å². The first-order valence-electron chi connectivity index (χ1n) is 3.48. The second-order valence-corrected chi connectivity index (χ2v) is 3.57. The fourth-order valence-corrected chi connectivity index (χ4v) is 1.65. The number of nitrogens with one attached hydrogen (secondary N) is 1. The fraction of sp³-hybridized carbons (Fsp3) is 0.125. The number of halogens is 1. The molecule has 0 bridgehead atoms. The topological polar surface area (TPSA) is 37.9 Å². The number of aromatic amines is 1. The summed E-state index contributed by atoms with van der Waals surface area (Å²) in [5, 5.41) is 0. The third-order valence-electron chi connectivity index (χ3n) is 1.68. The van der Waals surface area contributed by atoms with E-state index in [9.17, 15) is 0 Å². The van der Waals surface area contributed by atoms with E-state index >= 15 is 0 Å². The number of methoxy groups -OCH3 is 1. The second kappa shape index (κ2) is 2.93. The quantitative estimate of drug-likeness (QED) is 0.809. The van der Waals surface area contributed by atoms with E-state index in [1.54, 1.807) is 13.3 Å². The van der Waals surface area contributed by atoms with Crippen LogP contribution in [0.1, 0.15) is 0 Å². The molecule has 2 aromatic heterocycles. The molecule has 0 aliphatic heterocycles. The van der Waals surface area contributed by atoms with E-state index in [1.165, 1.54) is 0 Å². The van der Waals surface area contributed by atoms with Crippen LogP contribution in [0.2, 0.25) is 0 Å². The predicted octanol–water partition coefficient (Wildman–Crippen LogP) is 2.18. The van der Waals surface area contributed by atoms with Crippen LogP contribution in [0.25, 0.3) is 11.0 Å². The first kappa shape index (κ1) is 7.85. The Morgan fingerprint density at radius 3 is 3.17 bits per heavy atom. The third-order valence-corrected chi connectivity index (χ3v) is 2.50. The van der Waals surface area contributed by atoms with Gasteiger partial charge in [0.25, 0.3) is 0 Å². The van der Waals surface area contributed by atoms with Crippen molar-refractivity contribution in [3.8, 4) is 5.75 Å². The van der Waals surface area contributed by atoms with Gasteiger partial charge in [-0.1, -0.05) is 0 Å². The molecule has 0 fully saturated rings. The molecule has 4 heteroatoms. The first-order valence-corrected chi connectivity index (χ1v) is 4.56. The molecular formula is C8H7IN2O. The van der Waals surface area contributed by atoms with Crippen LogP contribution in [0.4, 0.5) is 0 Å². The Morgan fingerprint density at radius 2 is 2.42 bits per heavy atom. The Morgan fingerprint density at radius 1 is 1.58 bits per heavy atom. The minimum atomic E-state index is 0.778. The van der Waals surface area contributed by atoms with Gasteiger partial charge in [-0.3, -0.25) is 0 Å². The van der Waals surface area contributed by atoms with E-state index in [0.29, 0.717) is 0 Å². The number of hydrogen-bond donors (Lipinski definition) is 1. The number of rotatable bonds is 1. The molecule has 1 N–H and O–H groups in total. The van der Waals surface area contributed by atoms with E-state index < -0.39 is 0 Å². The molecule has 0 spiro atoms. The maximum atomic E-state index is 5.05. The van der Waals surface area contributed by atoms with Gasteiger partial charge < -0.3 is 9.72 Å². The molecule has 3 nitrogen and oxygen atoms in total. The van der Waals surface area contributed by atoms with Gasteiger partial charge in [-0.2, -0.15) is 0 Å². The first-order chi connectivity index (χ1) is 5.81. The minimum Gasteiger partial charge on any atom is -0.495 e. The Bertz CT molecular complexity index is 410. The van der Waals surface area contributed by atoms with Crippen LogP contribution in [0.3, 0.4) is 0 Å². The van der Waals surface area contributed by atoms with E-state index in [1.807, 2.05) is 12.3 Å². The van der Waals surface area contributed by atoms with Crippen molar-refractivity contribution in [1.29, 1.82) is 0 Å². The Labute approximate surface area is 83.3 Å². The molecule has 62 valence electrons. The molecule has 0 aliphatic rings. The molecular weight excluding hydrogens is 267 g/mol. The lowest BCUT2D eigenvalue weighted by Gasteiger charge is -1.97. The number of aromatic nitrogens is 2. The maximum absolute atomic E-state index is 5.05. The van der Waals surface area contributed by atoms with Gasteiger partial charge in [-0.25, -0.2) is 4.98 Å². The van der Waals surface area contributed by atoms with Crippen molar-refractivity contribution in [1.82, 2.24) is 9.97 Å². The lowest BCUT2D eigenvalue weighted by atomic mass is 10.4. The van der Waals surface area contributed by atoms with Crippen molar-refractivity contribution >= 4 is 33.6 Å². The highest BCUT2D eigenvalue weighted by Gasteiger charge is 2.02. The van der Waals surface area contributed by atoms with Crippen molar-refractivity contribution < 1.29 is 4.74 Å². The van der Waals surface area contributed by atoms with Gasteiger partial charge in [0.2, 0.25) is 0 Å². The van der Waals surface area contributed by atoms with Crippen LogP contribution in [-0.4, -0.2) is 17.1 Å². The molecule has 0 radical (unpaired) electrons. The van der Waals surface area contributed by atoms with E-state index in [0.717, 1.165) is 20.4 Å². The Balaban J connectivity index is 2.69. The van der Waals surface area contributed by atoms with Crippen molar-refractivity contribution in [2.75, 3.05) is 7.11 Å². The summed E-state index contributed by atoms with van der Waals surface area (Å²) >= 11 is 2.24. The zero-order valence-corrected chi connectivity index (χ0v) is 8.62. The highest BCUT2D eigenvalue weighted by atomic mass is 127. The van der Waals surface area contributed by atoms with Crippen molar-refractivity contribution in [2.24, 2.45) is 0 Å². The number of nitrogens with zero attached hydrogens (tertiary/aromatic N) is 1. The third kappa shape index (κ3) is 1.16. The molecule has 2 aromatic rings. The average Bonchev–Trinajstić information content (AvgIpc) is 2.47. The van der Waals surface area contributed by atoms with E-state index in [-0.39, 0.29) is 0 Å². The summed E-state index contributed by atoms with van der Waals surface area (Å²) in [6, 6.07) is 1.94. The lowest BCUT2D eigenvalue weighted by molar-refractivity contribution is 0.413. The molecule has 0 atom stereocenters. The molecule has 12 heavy (non-hydrogen) atoms. The van der Waals surface area contributed by atoms with Crippen LogP contribution < -0.4 is 4.74 Å². The molecule has 2 rings (SSSR count). The van der Waals surface area contributed by atoms with Gasteiger partial charge in [0.1, 0.15) is 11.3 Å². The predicted molar refractivity (Wildman–Crippen MR) is 55.4 cm³/mol. The molecule has 0 amide bonds. The van der Waals surface area contributed by atoms with Gasteiger partial charge >= 0.3 is 0 Å². The lowest BCUT2D eigenvalue weighted by Crippen LogP contribution is -1.84. The van der Waals surface area contributed by atoms with Crippen LogP contribution >= 0.6 is 22.6 Å². The zero-order chi connectivity index (χ0) is 8.55. The molecule has 0 saturated heterocycles. The van der Waals surface area contributed by atoms with Gasteiger partial charge in [0.15, 0.2) is 0 Å². The SMILES string of the molecule is COc1cnc2c(I)c[nH]c2c1. The maximum Gasteiger partial charge on any atom is 0.139 e. The van der Waals surface area contributed by atoms with Gasteiger partial charge in [-0.15, -0.1) is 0 Å². The smallest absolute Gasteiger partial charge is 0.139 e. The summed E-state index contributed by atoms with van der Waals surface area (Å²) in [5.74, 6) is 0.778. The number of H-pyrrole nitrogens is 1. The number of hydrogen-bond acceptors (Lipinski definition) is 2. The highest BCUT2D eigenvalue weighted by Crippen LogP contribution is 2.20. The summed E-state index contributed by atoms with van der Waals surface area (Å²) in [7, 11) is 1.64. The van der Waals surface area contributed by atoms with E-state index in [4.69, 9.17) is 4.74 Å². The van der Waals surface area contributed by atoms with Crippen LogP contribution in [0.5, 0.6) is 5.75 Å².